The lowest BCUT2D eigenvalue weighted by atomic mass is 9.78. The zero-order valence-electron chi connectivity index (χ0n) is 16.0. The Hall–Kier alpha value is -2.62. The van der Waals surface area contributed by atoms with Crippen molar-refractivity contribution in [3.05, 3.63) is 65.7 Å². The van der Waals surface area contributed by atoms with Crippen molar-refractivity contribution >= 4 is 11.7 Å². The second-order valence-corrected chi connectivity index (χ2v) is 7.45. The van der Waals surface area contributed by atoms with E-state index in [4.69, 9.17) is 4.74 Å². The van der Waals surface area contributed by atoms with E-state index in [9.17, 15) is 9.59 Å². The molecule has 27 heavy (non-hydrogen) atoms. The van der Waals surface area contributed by atoms with Crippen LogP contribution in [0, 0.1) is 11.8 Å². The van der Waals surface area contributed by atoms with Crippen LogP contribution in [0.4, 0.5) is 0 Å². The highest BCUT2D eigenvalue weighted by Gasteiger charge is 2.28. The van der Waals surface area contributed by atoms with Gasteiger partial charge < -0.3 is 10.1 Å². The maximum Gasteiger partial charge on any atom is 0.258 e. The van der Waals surface area contributed by atoms with Crippen LogP contribution in [0.2, 0.25) is 0 Å². The lowest BCUT2D eigenvalue weighted by Crippen LogP contribution is -2.45. The fourth-order valence-electron chi connectivity index (χ4n) is 3.64. The Bertz CT molecular complexity index is 770. The Morgan fingerprint density at radius 2 is 1.63 bits per heavy atom. The molecule has 1 N–H and O–H groups in total. The van der Waals surface area contributed by atoms with Crippen molar-refractivity contribution in [3.8, 4) is 5.75 Å². The van der Waals surface area contributed by atoms with Gasteiger partial charge in [-0.1, -0.05) is 57.0 Å². The molecule has 0 unspecified atom stereocenters. The lowest BCUT2D eigenvalue weighted by molar-refractivity contribution is -0.124. The molecule has 4 nitrogen and oxygen atoms in total. The number of carbonyl (C=O) groups excluding carboxylic acids is 2. The number of ether oxygens (including phenoxy) is 1. The van der Waals surface area contributed by atoms with Gasteiger partial charge in [-0.3, -0.25) is 9.59 Å². The molecule has 0 aromatic heterocycles. The molecule has 1 fully saturated rings. The minimum absolute atomic E-state index is 0.0103. The van der Waals surface area contributed by atoms with E-state index in [2.05, 4.69) is 19.2 Å². The van der Waals surface area contributed by atoms with Crippen LogP contribution in [0.3, 0.4) is 0 Å². The van der Waals surface area contributed by atoms with Crippen LogP contribution in [0.1, 0.15) is 49.0 Å². The highest BCUT2D eigenvalue weighted by atomic mass is 16.5. The number of hydrogen-bond acceptors (Lipinski definition) is 3. The van der Waals surface area contributed by atoms with Crippen LogP contribution in [0.5, 0.6) is 5.75 Å². The molecule has 142 valence electrons. The molecule has 3 atom stereocenters. The third kappa shape index (κ3) is 4.97. The van der Waals surface area contributed by atoms with Gasteiger partial charge in [0.15, 0.2) is 12.4 Å². The van der Waals surface area contributed by atoms with Gasteiger partial charge in [0.2, 0.25) is 0 Å². The molecular weight excluding hydrogens is 338 g/mol. The lowest BCUT2D eigenvalue weighted by Gasteiger charge is -2.34. The molecule has 1 aliphatic rings. The second kappa shape index (κ2) is 8.85. The smallest absolute Gasteiger partial charge is 0.258 e. The highest BCUT2D eigenvalue weighted by molar-refractivity contribution is 6.08. The quantitative estimate of drug-likeness (QED) is 0.779. The average Bonchev–Trinajstić information content (AvgIpc) is 2.70. The van der Waals surface area contributed by atoms with Gasteiger partial charge in [0.05, 0.1) is 0 Å². The maximum absolute atomic E-state index is 12.4. The molecule has 0 radical (unpaired) electrons. The summed E-state index contributed by atoms with van der Waals surface area (Å²) in [6, 6.07) is 16.3. The number of benzene rings is 2. The number of rotatable bonds is 6. The summed E-state index contributed by atoms with van der Waals surface area (Å²) in [4.78, 5) is 24.6. The van der Waals surface area contributed by atoms with Crippen LogP contribution in [0.25, 0.3) is 0 Å². The van der Waals surface area contributed by atoms with Crippen molar-refractivity contribution in [2.45, 2.75) is 39.2 Å². The predicted molar refractivity (Wildman–Crippen MR) is 106 cm³/mol. The van der Waals surface area contributed by atoms with Crippen LogP contribution in [0.15, 0.2) is 54.6 Å². The number of hydrogen-bond donors (Lipinski definition) is 1. The molecule has 1 amide bonds. The fraction of sp³-hybridized carbons (Fsp3) is 0.391. The third-order valence-electron chi connectivity index (χ3n) is 5.58. The molecular formula is C23H27NO3. The van der Waals surface area contributed by atoms with E-state index >= 15 is 0 Å². The molecule has 2 aromatic carbocycles. The largest absolute Gasteiger partial charge is 0.484 e. The minimum Gasteiger partial charge on any atom is -0.484 e. The molecule has 0 saturated heterocycles. The van der Waals surface area contributed by atoms with Crippen molar-refractivity contribution in [1.82, 2.24) is 5.32 Å². The van der Waals surface area contributed by atoms with Gasteiger partial charge in [0.25, 0.3) is 5.91 Å². The minimum atomic E-state index is -0.0922. The van der Waals surface area contributed by atoms with E-state index < -0.39 is 0 Å². The second-order valence-electron chi connectivity index (χ2n) is 7.45. The first kappa shape index (κ1) is 19.2. The molecule has 2 aromatic rings. The van der Waals surface area contributed by atoms with Gasteiger partial charge in [0.1, 0.15) is 5.75 Å². The van der Waals surface area contributed by atoms with Crippen LogP contribution >= 0.6 is 0 Å². The van der Waals surface area contributed by atoms with E-state index in [1.807, 2.05) is 18.2 Å². The monoisotopic (exact) mass is 365 g/mol. The van der Waals surface area contributed by atoms with Gasteiger partial charge in [-0.15, -0.1) is 0 Å². The Balaban J connectivity index is 1.51. The first-order valence-electron chi connectivity index (χ1n) is 9.66. The molecule has 0 spiro atoms. The van der Waals surface area contributed by atoms with E-state index in [1.54, 1.807) is 36.4 Å². The SMILES string of the molecule is C[C@@H]1[C@H](C)CCC[C@H]1NC(=O)COc1ccc(C(=O)c2ccccc2)cc1. The van der Waals surface area contributed by atoms with Crippen molar-refractivity contribution in [1.29, 1.82) is 0 Å². The predicted octanol–water partition coefficient (Wildman–Crippen LogP) is 4.24. The molecule has 4 heteroatoms. The average molecular weight is 365 g/mol. The summed E-state index contributed by atoms with van der Waals surface area (Å²) < 4.78 is 5.59. The van der Waals surface area contributed by atoms with Gasteiger partial charge in [-0.05, 0) is 42.5 Å². The van der Waals surface area contributed by atoms with Gasteiger partial charge in [-0.25, -0.2) is 0 Å². The fourth-order valence-corrected chi connectivity index (χ4v) is 3.64. The summed E-state index contributed by atoms with van der Waals surface area (Å²) in [5, 5.41) is 3.10. The molecule has 0 bridgehead atoms. The maximum atomic E-state index is 12.4. The molecule has 0 aliphatic heterocycles. The van der Waals surface area contributed by atoms with Gasteiger partial charge in [-0.2, -0.15) is 0 Å². The third-order valence-corrected chi connectivity index (χ3v) is 5.58. The summed E-state index contributed by atoms with van der Waals surface area (Å²) in [5.41, 5.74) is 1.25. The van der Waals surface area contributed by atoms with Gasteiger partial charge >= 0.3 is 0 Å². The normalized spacial score (nSPS) is 22.1. The van der Waals surface area contributed by atoms with Crippen molar-refractivity contribution in [2.24, 2.45) is 11.8 Å². The zero-order chi connectivity index (χ0) is 19.2. The van der Waals surface area contributed by atoms with Crippen molar-refractivity contribution < 1.29 is 14.3 Å². The first-order chi connectivity index (χ1) is 13.0. The van der Waals surface area contributed by atoms with Crippen molar-refractivity contribution in [2.75, 3.05) is 6.61 Å². The van der Waals surface area contributed by atoms with Crippen LogP contribution in [-0.2, 0) is 4.79 Å². The van der Waals surface area contributed by atoms with Crippen molar-refractivity contribution in [3.63, 3.8) is 0 Å². The molecule has 3 rings (SSSR count). The molecule has 1 aliphatic carbocycles. The number of carbonyl (C=O) groups is 2. The van der Waals surface area contributed by atoms with Gasteiger partial charge in [0, 0.05) is 17.2 Å². The summed E-state index contributed by atoms with van der Waals surface area (Å²) in [7, 11) is 0. The van der Waals surface area contributed by atoms with E-state index in [0.717, 1.165) is 12.8 Å². The Labute approximate surface area is 160 Å². The van der Waals surface area contributed by atoms with E-state index in [1.165, 1.54) is 6.42 Å². The summed E-state index contributed by atoms with van der Waals surface area (Å²) in [6.07, 6.45) is 3.43. The van der Waals surface area contributed by atoms with E-state index in [-0.39, 0.29) is 24.3 Å². The summed E-state index contributed by atoms with van der Waals surface area (Å²) >= 11 is 0. The summed E-state index contributed by atoms with van der Waals surface area (Å²) in [5.74, 6) is 1.59. The standard InChI is InChI=1S/C23H27NO3/c1-16-7-6-10-21(17(16)2)24-22(25)15-27-20-13-11-19(12-14-20)23(26)18-8-4-3-5-9-18/h3-5,8-9,11-14,16-17,21H,6-7,10,15H2,1-2H3,(H,24,25)/t16-,17-,21-/m1/s1. The van der Waals surface area contributed by atoms with E-state index in [0.29, 0.717) is 28.7 Å². The van der Waals surface area contributed by atoms with Crippen LogP contribution < -0.4 is 10.1 Å². The molecule has 1 saturated carbocycles. The Kier molecular flexibility index (Phi) is 6.28. The summed E-state index contributed by atoms with van der Waals surface area (Å²) in [6.45, 7) is 4.44. The zero-order valence-corrected chi connectivity index (χ0v) is 16.0. The number of amides is 1. The number of nitrogens with one attached hydrogen (secondary N) is 1. The topological polar surface area (TPSA) is 55.4 Å². The Morgan fingerprint density at radius 3 is 2.33 bits per heavy atom. The van der Waals surface area contributed by atoms with Crippen LogP contribution in [-0.4, -0.2) is 24.3 Å². The first-order valence-corrected chi connectivity index (χ1v) is 9.66. The number of ketones is 1. The Morgan fingerprint density at radius 1 is 0.963 bits per heavy atom. The molecule has 0 heterocycles. The highest BCUT2D eigenvalue weighted by Crippen LogP contribution is 2.29.